The second-order valence-electron chi connectivity index (χ2n) is 7.88. The lowest BCUT2D eigenvalue weighted by Crippen LogP contribution is -2.64. The number of nitrogens with one attached hydrogen (secondary N) is 1. The number of nitrogens with zero attached hydrogens (tertiary/aromatic N) is 5. The number of H-pyrrole nitrogens is 1. The Kier molecular flexibility index (Phi) is 5.13. The first kappa shape index (κ1) is 20.9. The lowest BCUT2D eigenvalue weighted by Gasteiger charge is -2.47. The van der Waals surface area contributed by atoms with Crippen LogP contribution in [0.2, 0.25) is 0 Å². The van der Waals surface area contributed by atoms with E-state index in [0.29, 0.717) is 37.3 Å². The Balaban J connectivity index is 1.16. The van der Waals surface area contributed by atoms with Crippen LogP contribution in [0.4, 0.5) is 13.2 Å². The van der Waals surface area contributed by atoms with Crippen molar-refractivity contribution >= 4 is 34.2 Å². The summed E-state index contributed by atoms with van der Waals surface area (Å²) < 4.78 is 38.6. The van der Waals surface area contributed by atoms with Gasteiger partial charge in [0.2, 0.25) is 0 Å². The highest BCUT2D eigenvalue weighted by Gasteiger charge is 2.38. The van der Waals surface area contributed by atoms with Crippen molar-refractivity contribution in [2.45, 2.75) is 12.2 Å². The zero-order chi connectivity index (χ0) is 22.5. The molecule has 12 heteroatoms. The van der Waals surface area contributed by atoms with Crippen molar-refractivity contribution in [3.63, 3.8) is 0 Å². The average molecular weight is 464 g/mol. The van der Waals surface area contributed by atoms with Crippen molar-refractivity contribution in [3.8, 4) is 0 Å². The van der Waals surface area contributed by atoms with E-state index in [9.17, 15) is 22.8 Å². The van der Waals surface area contributed by atoms with Crippen LogP contribution in [0.15, 0.2) is 29.1 Å². The van der Waals surface area contributed by atoms with Crippen molar-refractivity contribution in [2.24, 2.45) is 0 Å². The van der Waals surface area contributed by atoms with Gasteiger partial charge in [0.25, 0.3) is 11.8 Å². The molecule has 0 spiro atoms. The summed E-state index contributed by atoms with van der Waals surface area (Å²) >= 11 is 1.39. The largest absolute Gasteiger partial charge is 0.433 e. The molecule has 0 atom stereocenters. The number of likely N-dealkylation sites (tertiary alicyclic amines) is 1. The van der Waals surface area contributed by atoms with Crippen LogP contribution in [0.1, 0.15) is 26.7 Å². The highest BCUT2D eigenvalue weighted by atomic mass is 32.1. The van der Waals surface area contributed by atoms with Gasteiger partial charge in [-0.2, -0.15) is 13.2 Å². The van der Waals surface area contributed by atoms with Crippen molar-refractivity contribution < 1.29 is 22.8 Å². The Labute approximate surface area is 184 Å². The number of halogens is 3. The maximum Gasteiger partial charge on any atom is 0.433 e. The summed E-state index contributed by atoms with van der Waals surface area (Å²) in [5.74, 6) is -0.317. The molecule has 2 amide bonds. The van der Waals surface area contributed by atoms with Crippen LogP contribution >= 0.6 is 11.3 Å². The number of alkyl halides is 3. The number of hydrogen-bond acceptors (Lipinski definition) is 6. The van der Waals surface area contributed by atoms with Crippen molar-refractivity contribution in [2.75, 3.05) is 39.3 Å². The first-order chi connectivity index (χ1) is 15.3. The van der Waals surface area contributed by atoms with E-state index in [4.69, 9.17) is 0 Å². The van der Waals surface area contributed by atoms with Crippen molar-refractivity contribution in [3.05, 3.63) is 46.2 Å². The molecule has 0 bridgehead atoms. The summed E-state index contributed by atoms with van der Waals surface area (Å²) in [5, 5.41) is 2.20. The summed E-state index contributed by atoms with van der Waals surface area (Å²) in [4.78, 5) is 41.2. The molecule has 2 aliphatic rings. The van der Waals surface area contributed by atoms with Gasteiger partial charge in [-0.05, 0) is 18.2 Å². The van der Waals surface area contributed by atoms with Gasteiger partial charge >= 0.3 is 6.18 Å². The fourth-order valence-corrected chi connectivity index (χ4v) is 4.60. The fraction of sp³-hybridized carbons (Fsp3) is 0.400. The number of carbonyl (C=O) groups is 2. The van der Waals surface area contributed by atoms with Gasteiger partial charge < -0.3 is 14.8 Å². The lowest BCUT2D eigenvalue weighted by molar-refractivity contribution is -0.141. The molecular weight excluding hydrogens is 445 g/mol. The SMILES string of the molecule is O=C(c1cscn1)N1CCN(C2CN(C(=O)c3cc4ccc(C(F)(F)F)nc4[nH]3)C2)CC1. The molecule has 1 N–H and O–H groups in total. The number of carbonyl (C=O) groups excluding carboxylic acids is 2. The minimum absolute atomic E-state index is 0.0427. The average Bonchev–Trinajstić information content (AvgIpc) is 3.41. The van der Waals surface area contributed by atoms with E-state index in [2.05, 4.69) is 19.9 Å². The summed E-state index contributed by atoms with van der Waals surface area (Å²) in [5.41, 5.74) is 1.38. The summed E-state index contributed by atoms with van der Waals surface area (Å²) in [6.45, 7) is 3.73. The predicted molar refractivity (Wildman–Crippen MR) is 110 cm³/mol. The zero-order valence-corrected chi connectivity index (χ0v) is 17.6. The molecule has 3 aromatic heterocycles. The molecule has 3 aromatic rings. The number of rotatable bonds is 3. The molecule has 2 saturated heterocycles. The molecule has 5 heterocycles. The predicted octanol–water partition coefficient (Wildman–Crippen LogP) is 2.32. The van der Waals surface area contributed by atoms with E-state index in [-0.39, 0.29) is 29.2 Å². The number of amides is 2. The van der Waals surface area contributed by atoms with Gasteiger partial charge in [0.15, 0.2) is 0 Å². The van der Waals surface area contributed by atoms with Crippen molar-refractivity contribution in [1.82, 2.24) is 29.7 Å². The van der Waals surface area contributed by atoms with Gasteiger partial charge in [0.1, 0.15) is 22.7 Å². The van der Waals surface area contributed by atoms with E-state index in [1.165, 1.54) is 23.5 Å². The second-order valence-corrected chi connectivity index (χ2v) is 8.60. The van der Waals surface area contributed by atoms with E-state index in [1.54, 1.807) is 20.7 Å². The molecule has 0 unspecified atom stereocenters. The first-order valence-electron chi connectivity index (χ1n) is 10.1. The molecule has 168 valence electrons. The third-order valence-electron chi connectivity index (χ3n) is 5.92. The number of aromatic nitrogens is 3. The zero-order valence-electron chi connectivity index (χ0n) is 16.8. The number of thiazole rings is 1. The summed E-state index contributed by atoms with van der Waals surface area (Å²) in [6, 6.07) is 3.95. The van der Waals surface area contributed by atoms with Crippen LogP contribution in [-0.2, 0) is 6.18 Å². The van der Waals surface area contributed by atoms with Crippen LogP contribution in [0.25, 0.3) is 11.0 Å². The smallest absolute Gasteiger partial charge is 0.335 e. The third kappa shape index (κ3) is 3.84. The number of piperazine rings is 1. The van der Waals surface area contributed by atoms with Gasteiger partial charge in [-0.1, -0.05) is 0 Å². The molecule has 5 rings (SSSR count). The van der Waals surface area contributed by atoms with Crippen LogP contribution in [0.5, 0.6) is 0 Å². The summed E-state index contributed by atoms with van der Waals surface area (Å²) in [6.07, 6.45) is -4.54. The number of fused-ring (bicyclic) bond motifs is 1. The normalized spacial score (nSPS) is 18.2. The lowest BCUT2D eigenvalue weighted by atomic mass is 10.1. The molecule has 32 heavy (non-hydrogen) atoms. The monoisotopic (exact) mass is 464 g/mol. The van der Waals surface area contributed by atoms with Gasteiger partial charge in [-0.15, -0.1) is 11.3 Å². The molecule has 2 fully saturated rings. The maximum absolute atomic E-state index is 12.9. The van der Waals surface area contributed by atoms with E-state index < -0.39 is 11.9 Å². The third-order valence-corrected chi connectivity index (χ3v) is 6.51. The van der Waals surface area contributed by atoms with Crippen LogP contribution in [0.3, 0.4) is 0 Å². The Morgan fingerprint density at radius 3 is 2.47 bits per heavy atom. The summed E-state index contributed by atoms with van der Waals surface area (Å²) in [7, 11) is 0. The number of pyridine rings is 1. The Morgan fingerprint density at radius 2 is 1.81 bits per heavy atom. The van der Waals surface area contributed by atoms with Gasteiger partial charge in [-0.25, -0.2) is 9.97 Å². The minimum Gasteiger partial charge on any atom is -0.335 e. The van der Waals surface area contributed by atoms with Gasteiger partial charge in [0, 0.05) is 56.1 Å². The fourth-order valence-electron chi connectivity index (χ4n) is 4.07. The first-order valence-corrected chi connectivity index (χ1v) is 11.0. The van der Waals surface area contributed by atoms with Crippen LogP contribution in [0, 0.1) is 0 Å². The molecule has 0 radical (unpaired) electrons. The molecule has 0 aliphatic carbocycles. The molecule has 0 saturated carbocycles. The highest BCUT2D eigenvalue weighted by molar-refractivity contribution is 7.07. The Bertz CT molecular complexity index is 1150. The topological polar surface area (TPSA) is 85.4 Å². The standard InChI is InChI=1S/C20H19F3N6O2S/c21-20(22,23)16-2-1-12-7-14(25-17(12)26-16)18(30)29-8-13(9-29)27-3-5-28(6-4-27)19(31)15-10-32-11-24-15/h1-2,7,10-11,13H,3-6,8-9H2,(H,25,26). The van der Waals surface area contributed by atoms with E-state index in [0.717, 1.165) is 19.2 Å². The molecule has 8 nitrogen and oxygen atoms in total. The number of hydrogen-bond donors (Lipinski definition) is 1. The molecule has 2 aliphatic heterocycles. The quantitative estimate of drug-likeness (QED) is 0.643. The molecule has 0 aromatic carbocycles. The Morgan fingerprint density at radius 1 is 1.06 bits per heavy atom. The Hall–Kier alpha value is -2.99. The maximum atomic E-state index is 12.9. The van der Waals surface area contributed by atoms with Crippen LogP contribution in [-0.4, -0.2) is 86.8 Å². The van der Waals surface area contributed by atoms with Crippen LogP contribution < -0.4 is 0 Å². The van der Waals surface area contributed by atoms with E-state index in [1.807, 2.05) is 0 Å². The number of aromatic amines is 1. The van der Waals surface area contributed by atoms with Gasteiger partial charge in [0.05, 0.1) is 5.51 Å². The van der Waals surface area contributed by atoms with E-state index >= 15 is 0 Å². The molecular formula is C20H19F3N6O2S. The second kappa shape index (κ2) is 7.85. The van der Waals surface area contributed by atoms with Crippen molar-refractivity contribution in [1.29, 1.82) is 0 Å². The minimum atomic E-state index is -4.54. The van der Waals surface area contributed by atoms with Gasteiger partial charge in [-0.3, -0.25) is 14.5 Å². The highest BCUT2D eigenvalue weighted by Crippen LogP contribution is 2.29.